The van der Waals surface area contributed by atoms with Gasteiger partial charge in [-0.25, -0.2) is 0 Å². The van der Waals surface area contributed by atoms with Crippen LogP contribution >= 0.6 is 0 Å². The minimum atomic E-state index is -0.288. The van der Waals surface area contributed by atoms with Gasteiger partial charge in [0, 0.05) is 0 Å². The van der Waals surface area contributed by atoms with Crippen molar-refractivity contribution in [3.63, 3.8) is 0 Å². The molecule has 1 aliphatic heterocycles. The summed E-state index contributed by atoms with van der Waals surface area (Å²) in [6.07, 6.45) is 0. The number of hydrogen-bond donors (Lipinski definition) is 0. The van der Waals surface area contributed by atoms with Crippen molar-refractivity contribution in [2.75, 3.05) is 20.0 Å². The second-order valence-electron chi connectivity index (χ2n) is 1.62. The molecule has 1 rings (SSSR count). The van der Waals surface area contributed by atoms with Gasteiger partial charge < -0.3 is 9.47 Å². The molecule has 0 spiro atoms. The Balaban J connectivity index is 2.22. The SMILES string of the molecule is O=NC1COCOC1. The lowest BCUT2D eigenvalue weighted by Gasteiger charge is -2.15. The molecule has 0 bridgehead atoms. The molecule has 0 saturated carbocycles. The van der Waals surface area contributed by atoms with Gasteiger partial charge in [0.15, 0.2) is 0 Å². The normalized spacial score (nSPS) is 23.0. The van der Waals surface area contributed by atoms with E-state index in [2.05, 4.69) is 5.18 Å². The molecule has 0 amide bonds. The Hall–Kier alpha value is -0.480. The third-order valence-corrected chi connectivity index (χ3v) is 0.936. The summed E-state index contributed by atoms with van der Waals surface area (Å²) < 4.78 is 9.51. The monoisotopic (exact) mass is 117 g/mol. The zero-order chi connectivity index (χ0) is 5.82. The second-order valence-corrected chi connectivity index (χ2v) is 1.62. The van der Waals surface area contributed by atoms with Crippen LogP contribution in [-0.4, -0.2) is 26.0 Å². The van der Waals surface area contributed by atoms with E-state index < -0.39 is 0 Å². The molecule has 4 nitrogen and oxygen atoms in total. The van der Waals surface area contributed by atoms with Crippen molar-refractivity contribution in [1.82, 2.24) is 0 Å². The van der Waals surface area contributed by atoms with Crippen molar-refractivity contribution >= 4 is 0 Å². The molecule has 1 aliphatic rings. The van der Waals surface area contributed by atoms with Crippen molar-refractivity contribution in [2.45, 2.75) is 6.04 Å². The minimum Gasteiger partial charge on any atom is -0.353 e. The summed E-state index contributed by atoms with van der Waals surface area (Å²) in [7, 11) is 0. The van der Waals surface area contributed by atoms with Crippen LogP contribution in [0.2, 0.25) is 0 Å². The van der Waals surface area contributed by atoms with Crippen LogP contribution in [0.3, 0.4) is 0 Å². The molecule has 0 N–H and O–H groups in total. The zero-order valence-electron chi connectivity index (χ0n) is 4.37. The lowest BCUT2D eigenvalue weighted by Crippen LogP contribution is -2.26. The summed E-state index contributed by atoms with van der Waals surface area (Å²) in [6.45, 7) is 1.11. The summed E-state index contributed by atoms with van der Waals surface area (Å²) in [5.74, 6) is 0. The molecule has 0 aromatic rings. The average Bonchev–Trinajstić information content (AvgIpc) is 1.90. The molecule has 0 aliphatic carbocycles. The van der Waals surface area contributed by atoms with Crippen LogP contribution in [0.4, 0.5) is 0 Å². The van der Waals surface area contributed by atoms with Gasteiger partial charge in [-0.2, -0.15) is 4.91 Å². The first kappa shape index (κ1) is 5.65. The molecular formula is C4H7NO3. The van der Waals surface area contributed by atoms with E-state index in [0.717, 1.165) is 0 Å². The van der Waals surface area contributed by atoms with Gasteiger partial charge in [0.05, 0.1) is 13.2 Å². The summed E-state index contributed by atoms with van der Waals surface area (Å²) >= 11 is 0. The molecule has 0 atom stereocenters. The highest BCUT2D eigenvalue weighted by Crippen LogP contribution is 1.98. The fourth-order valence-corrected chi connectivity index (χ4v) is 0.536. The van der Waals surface area contributed by atoms with Crippen LogP contribution in [0.1, 0.15) is 0 Å². The van der Waals surface area contributed by atoms with Crippen molar-refractivity contribution in [1.29, 1.82) is 0 Å². The summed E-state index contributed by atoms with van der Waals surface area (Å²) in [4.78, 5) is 9.75. The minimum absolute atomic E-state index is 0.288. The number of hydrogen-bond acceptors (Lipinski definition) is 4. The van der Waals surface area contributed by atoms with Gasteiger partial charge >= 0.3 is 0 Å². The molecule has 4 heteroatoms. The van der Waals surface area contributed by atoms with Gasteiger partial charge in [0.1, 0.15) is 12.8 Å². The Kier molecular flexibility index (Phi) is 1.93. The highest BCUT2D eigenvalue weighted by atomic mass is 16.7. The second kappa shape index (κ2) is 2.74. The molecule has 1 heterocycles. The Morgan fingerprint density at radius 3 is 2.38 bits per heavy atom. The maximum atomic E-state index is 9.75. The molecule has 0 aromatic heterocycles. The third kappa shape index (κ3) is 1.24. The topological polar surface area (TPSA) is 47.9 Å². The maximum absolute atomic E-state index is 9.75. The molecule has 0 aromatic carbocycles. The molecule has 8 heavy (non-hydrogen) atoms. The Morgan fingerprint density at radius 2 is 2.00 bits per heavy atom. The first-order chi connectivity index (χ1) is 3.93. The Bertz CT molecular complexity index is 79.4. The van der Waals surface area contributed by atoms with E-state index in [1.807, 2.05) is 0 Å². The fourth-order valence-electron chi connectivity index (χ4n) is 0.536. The van der Waals surface area contributed by atoms with Crippen LogP contribution in [0.15, 0.2) is 5.18 Å². The van der Waals surface area contributed by atoms with E-state index in [4.69, 9.17) is 9.47 Å². The number of ether oxygens (including phenoxy) is 2. The van der Waals surface area contributed by atoms with Gasteiger partial charge in [-0.05, 0) is 0 Å². The zero-order valence-corrected chi connectivity index (χ0v) is 4.37. The third-order valence-electron chi connectivity index (χ3n) is 0.936. The van der Waals surface area contributed by atoms with Crippen LogP contribution in [0, 0.1) is 4.91 Å². The number of nitrogens with zero attached hydrogens (tertiary/aromatic N) is 1. The Morgan fingerprint density at radius 1 is 1.38 bits per heavy atom. The quantitative estimate of drug-likeness (QED) is 0.458. The van der Waals surface area contributed by atoms with E-state index in [9.17, 15) is 4.91 Å². The lowest BCUT2D eigenvalue weighted by atomic mass is 10.3. The molecule has 1 saturated heterocycles. The molecule has 0 radical (unpaired) electrons. The van der Waals surface area contributed by atoms with Crippen molar-refractivity contribution in [3.8, 4) is 0 Å². The van der Waals surface area contributed by atoms with Gasteiger partial charge in [0.25, 0.3) is 0 Å². The molecular weight excluding hydrogens is 110 g/mol. The fraction of sp³-hybridized carbons (Fsp3) is 1.00. The first-order valence-electron chi connectivity index (χ1n) is 2.41. The average molecular weight is 117 g/mol. The lowest BCUT2D eigenvalue weighted by molar-refractivity contribution is -0.105. The molecule has 1 fully saturated rings. The van der Waals surface area contributed by atoms with E-state index in [-0.39, 0.29) is 6.04 Å². The van der Waals surface area contributed by atoms with E-state index in [1.54, 1.807) is 0 Å². The standard InChI is InChI=1S/C4H7NO3/c6-5-4-1-7-3-8-2-4/h4H,1-3H2. The highest BCUT2D eigenvalue weighted by Gasteiger charge is 2.12. The van der Waals surface area contributed by atoms with Gasteiger partial charge in [0.2, 0.25) is 0 Å². The largest absolute Gasteiger partial charge is 0.353 e. The first-order valence-corrected chi connectivity index (χ1v) is 2.41. The van der Waals surface area contributed by atoms with Gasteiger partial charge in [-0.1, -0.05) is 5.18 Å². The van der Waals surface area contributed by atoms with Crippen LogP contribution in [0.5, 0.6) is 0 Å². The smallest absolute Gasteiger partial charge is 0.146 e. The van der Waals surface area contributed by atoms with Crippen molar-refractivity contribution in [3.05, 3.63) is 4.91 Å². The van der Waals surface area contributed by atoms with Crippen LogP contribution in [0.25, 0.3) is 0 Å². The van der Waals surface area contributed by atoms with E-state index in [0.29, 0.717) is 20.0 Å². The summed E-state index contributed by atoms with van der Waals surface area (Å²) in [5, 5.41) is 2.75. The van der Waals surface area contributed by atoms with Crippen molar-refractivity contribution < 1.29 is 9.47 Å². The Labute approximate surface area is 46.8 Å². The van der Waals surface area contributed by atoms with Crippen molar-refractivity contribution in [2.24, 2.45) is 5.18 Å². The van der Waals surface area contributed by atoms with Gasteiger partial charge in [-0.3, -0.25) is 0 Å². The number of rotatable bonds is 1. The predicted molar refractivity (Wildman–Crippen MR) is 26.4 cm³/mol. The maximum Gasteiger partial charge on any atom is 0.146 e. The van der Waals surface area contributed by atoms with E-state index in [1.165, 1.54) is 0 Å². The number of nitroso groups, excluding NO2 is 1. The highest BCUT2D eigenvalue weighted by molar-refractivity contribution is 4.64. The van der Waals surface area contributed by atoms with Gasteiger partial charge in [-0.15, -0.1) is 0 Å². The van der Waals surface area contributed by atoms with Crippen LogP contribution < -0.4 is 0 Å². The predicted octanol–water partition coefficient (Wildman–Crippen LogP) is 0.126. The van der Waals surface area contributed by atoms with E-state index >= 15 is 0 Å². The molecule has 0 unspecified atom stereocenters. The summed E-state index contributed by atoms with van der Waals surface area (Å²) in [6, 6.07) is -0.288. The summed E-state index contributed by atoms with van der Waals surface area (Å²) in [5.41, 5.74) is 0. The molecule has 46 valence electrons. The van der Waals surface area contributed by atoms with Crippen LogP contribution in [-0.2, 0) is 9.47 Å².